The van der Waals surface area contributed by atoms with E-state index in [9.17, 15) is 18.3 Å². The Morgan fingerprint density at radius 3 is 2.20 bits per heavy atom. The zero-order valence-electron chi connectivity index (χ0n) is 12.6. The predicted molar refractivity (Wildman–Crippen MR) is 88.5 cm³/mol. The highest BCUT2D eigenvalue weighted by Gasteiger charge is 2.31. The van der Waals surface area contributed by atoms with Crippen molar-refractivity contribution in [2.24, 2.45) is 5.73 Å². The van der Waals surface area contributed by atoms with Crippen molar-refractivity contribution in [2.45, 2.75) is 12.9 Å². The van der Waals surface area contributed by atoms with Crippen molar-refractivity contribution >= 4 is 23.4 Å². The van der Waals surface area contributed by atoms with Gasteiger partial charge in [0.05, 0.1) is 0 Å². The molecule has 1 aromatic heterocycles. The Morgan fingerprint density at radius 2 is 1.64 bits per heavy atom. The minimum atomic E-state index is -4.75. The molecule has 2 aromatic carbocycles. The highest BCUT2D eigenvalue weighted by atomic mass is 35.5. The summed E-state index contributed by atoms with van der Waals surface area (Å²) < 4.78 is 40.6. The summed E-state index contributed by atoms with van der Waals surface area (Å²) in [5, 5.41) is 10.2. The average molecular weight is 372 g/mol. The zero-order chi connectivity index (χ0) is 17.3. The molecular formula is C16H13ClF3N3O2. The molecular weight excluding hydrogens is 359 g/mol. The minimum absolute atomic E-state index is 0. The van der Waals surface area contributed by atoms with Crippen LogP contribution in [0.1, 0.15) is 5.56 Å². The van der Waals surface area contributed by atoms with Gasteiger partial charge in [-0.3, -0.25) is 4.98 Å². The molecule has 25 heavy (non-hydrogen) atoms. The number of halogens is 4. The van der Waals surface area contributed by atoms with Crippen LogP contribution in [0.25, 0.3) is 22.2 Å². The van der Waals surface area contributed by atoms with Gasteiger partial charge in [-0.1, -0.05) is 12.1 Å². The lowest BCUT2D eigenvalue weighted by Gasteiger charge is -2.12. The SMILES string of the molecule is Cl.NCc1cc(-c2ccc(OC(F)(F)F)cc2)c2nccnc2c1O. The van der Waals surface area contributed by atoms with Crippen LogP contribution in [-0.2, 0) is 6.54 Å². The van der Waals surface area contributed by atoms with E-state index in [4.69, 9.17) is 5.73 Å². The largest absolute Gasteiger partial charge is 0.573 e. The van der Waals surface area contributed by atoms with Gasteiger partial charge in [0.2, 0.25) is 0 Å². The number of benzene rings is 2. The van der Waals surface area contributed by atoms with Crippen LogP contribution in [0.15, 0.2) is 42.7 Å². The Labute approximate surface area is 146 Å². The summed E-state index contributed by atoms with van der Waals surface area (Å²) in [7, 11) is 0. The van der Waals surface area contributed by atoms with Gasteiger partial charge in [-0.2, -0.15) is 0 Å². The lowest BCUT2D eigenvalue weighted by atomic mass is 9.99. The lowest BCUT2D eigenvalue weighted by molar-refractivity contribution is -0.274. The van der Waals surface area contributed by atoms with Crippen molar-refractivity contribution < 1.29 is 23.0 Å². The third kappa shape index (κ3) is 3.92. The van der Waals surface area contributed by atoms with Crippen LogP contribution in [0.3, 0.4) is 0 Å². The topological polar surface area (TPSA) is 81.3 Å². The molecule has 0 aliphatic rings. The molecule has 0 bridgehead atoms. The lowest BCUT2D eigenvalue weighted by Crippen LogP contribution is -2.16. The number of rotatable bonds is 3. The molecule has 0 saturated carbocycles. The summed E-state index contributed by atoms with van der Waals surface area (Å²) in [4.78, 5) is 8.30. The molecule has 1 heterocycles. The van der Waals surface area contributed by atoms with Gasteiger partial charge < -0.3 is 15.6 Å². The fraction of sp³-hybridized carbons (Fsp3) is 0.125. The number of aromatic hydroxyl groups is 1. The molecule has 0 aliphatic carbocycles. The summed E-state index contributed by atoms with van der Waals surface area (Å²) in [6, 6.07) is 7.01. The summed E-state index contributed by atoms with van der Waals surface area (Å²) in [5.41, 5.74) is 8.01. The van der Waals surface area contributed by atoms with Crippen molar-refractivity contribution in [1.29, 1.82) is 0 Å². The number of hydrogen-bond acceptors (Lipinski definition) is 5. The molecule has 0 radical (unpaired) electrons. The molecule has 3 N–H and O–H groups in total. The highest BCUT2D eigenvalue weighted by Crippen LogP contribution is 2.35. The van der Waals surface area contributed by atoms with Gasteiger partial charge in [0.25, 0.3) is 0 Å². The van der Waals surface area contributed by atoms with E-state index in [0.717, 1.165) is 0 Å². The van der Waals surface area contributed by atoms with E-state index in [-0.39, 0.29) is 36.0 Å². The normalized spacial score (nSPS) is 11.2. The maximum Gasteiger partial charge on any atom is 0.573 e. The number of hydrogen-bond donors (Lipinski definition) is 2. The second-order valence-corrected chi connectivity index (χ2v) is 4.96. The average Bonchev–Trinajstić information content (AvgIpc) is 2.55. The fourth-order valence-electron chi connectivity index (χ4n) is 2.38. The maximum absolute atomic E-state index is 12.2. The van der Waals surface area contributed by atoms with Gasteiger partial charge >= 0.3 is 6.36 Å². The van der Waals surface area contributed by atoms with Crippen LogP contribution in [-0.4, -0.2) is 21.4 Å². The van der Waals surface area contributed by atoms with Gasteiger partial charge in [-0.15, -0.1) is 25.6 Å². The van der Waals surface area contributed by atoms with Crippen molar-refractivity contribution in [2.75, 3.05) is 0 Å². The molecule has 0 atom stereocenters. The molecule has 0 spiro atoms. The molecule has 0 fully saturated rings. The summed E-state index contributed by atoms with van der Waals surface area (Å²) in [6.45, 7) is 0.0839. The van der Waals surface area contributed by atoms with Crippen LogP contribution in [0.2, 0.25) is 0 Å². The summed E-state index contributed by atoms with van der Waals surface area (Å²) >= 11 is 0. The smallest absolute Gasteiger partial charge is 0.505 e. The number of aromatic nitrogens is 2. The Balaban J connectivity index is 0.00000225. The molecule has 9 heteroatoms. The minimum Gasteiger partial charge on any atom is -0.505 e. The number of ether oxygens (including phenoxy) is 1. The number of nitrogens with two attached hydrogens (primary N) is 1. The number of alkyl halides is 3. The van der Waals surface area contributed by atoms with Crippen LogP contribution >= 0.6 is 12.4 Å². The molecule has 0 aliphatic heterocycles. The van der Waals surface area contributed by atoms with Gasteiger partial charge in [-0.25, -0.2) is 4.98 Å². The zero-order valence-corrected chi connectivity index (χ0v) is 13.4. The molecule has 0 unspecified atom stereocenters. The van der Waals surface area contributed by atoms with E-state index >= 15 is 0 Å². The van der Waals surface area contributed by atoms with E-state index in [1.807, 2.05) is 0 Å². The molecule has 5 nitrogen and oxygen atoms in total. The quantitative estimate of drug-likeness (QED) is 0.732. The van der Waals surface area contributed by atoms with Crippen molar-refractivity contribution in [3.8, 4) is 22.6 Å². The van der Waals surface area contributed by atoms with Crippen LogP contribution in [0.4, 0.5) is 13.2 Å². The van der Waals surface area contributed by atoms with Gasteiger partial charge in [0.1, 0.15) is 22.5 Å². The van der Waals surface area contributed by atoms with Crippen LogP contribution in [0, 0.1) is 0 Å². The Kier molecular flexibility index (Phi) is 5.34. The van der Waals surface area contributed by atoms with E-state index in [1.54, 1.807) is 6.07 Å². The molecule has 0 amide bonds. The first-order valence-corrected chi connectivity index (χ1v) is 6.91. The second-order valence-electron chi connectivity index (χ2n) is 4.96. The number of phenolic OH excluding ortho intramolecular Hbond substituents is 1. The van der Waals surface area contributed by atoms with Crippen LogP contribution < -0.4 is 10.5 Å². The standard InChI is InChI=1S/C16H12F3N3O2.ClH/c17-16(18,19)24-11-3-1-9(2-4-11)12-7-10(8-20)15(23)14-13(12)21-5-6-22-14;/h1-7,23H,8,20H2;1H. The fourth-order valence-corrected chi connectivity index (χ4v) is 2.38. The number of phenols is 1. The van der Waals surface area contributed by atoms with Gasteiger partial charge in [-0.05, 0) is 23.8 Å². The first kappa shape index (κ1) is 18.8. The first-order chi connectivity index (χ1) is 11.4. The Bertz CT molecular complexity index is 886. The van der Waals surface area contributed by atoms with E-state index in [2.05, 4.69) is 14.7 Å². The summed E-state index contributed by atoms with van der Waals surface area (Å²) in [6.07, 6.45) is -1.84. The van der Waals surface area contributed by atoms with Crippen LogP contribution in [0.5, 0.6) is 11.5 Å². The Hall–Kier alpha value is -2.58. The van der Waals surface area contributed by atoms with E-state index in [1.165, 1.54) is 36.7 Å². The molecule has 3 aromatic rings. The monoisotopic (exact) mass is 371 g/mol. The number of fused-ring (bicyclic) bond motifs is 1. The summed E-state index contributed by atoms with van der Waals surface area (Å²) in [5.74, 6) is -0.374. The third-order valence-electron chi connectivity index (χ3n) is 3.42. The third-order valence-corrected chi connectivity index (χ3v) is 3.42. The Morgan fingerprint density at radius 1 is 1.04 bits per heavy atom. The van der Waals surface area contributed by atoms with Crippen molar-refractivity contribution in [1.82, 2.24) is 9.97 Å². The van der Waals surface area contributed by atoms with E-state index < -0.39 is 6.36 Å². The molecule has 0 saturated heterocycles. The maximum atomic E-state index is 12.2. The molecule has 132 valence electrons. The first-order valence-electron chi connectivity index (χ1n) is 6.91. The van der Waals surface area contributed by atoms with Crippen molar-refractivity contribution in [3.63, 3.8) is 0 Å². The predicted octanol–water partition coefficient (Wildman–Crippen LogP) is 3.78. The second kappa shape index (κ2) is 7.12. The van der Waals surface area contributed by atoms with Gasteiger partial charge in [0, 0.05) is 30.1 Å². The number of nitrogens with zero attached hydrogens (tertiary/aromatic N) is 2. The highest BCUT2D eigenvalue weighted by molar-refractivity contribution is 5.95. The van der Waals surface area contributed by atoms with Gasteiger partial charge in [0.15, 0.2) is 0 Å². The molecule has 3 rings (SSSR count). The van der Waals surface area contributed by atoms with E-state index in [0.29, 0.717) is 22.2 Å². The van der Waals surface area contributed by atoms with Crippen molar-refractivity contribution in [3.05, 3.63) is 48.3 Å².